The van der Waals surface area contributed by atoms with E-state index in [0.29, 0.717) is 29.3 Å². The standard InChI is InChI=1S/C21H28N2O5S/c1-7-18(21(24)22-17-13-16(27-4)10-11-20(17)28-5)23(29(6,25)26)19-12-14(2)8-9-15(19)3/h8-13,18H,7H2,1-6H3,(H,22,24)/t18-/m1/s1. The third kappa shape index (κ3) is 5.20. The van der Waals surface area contributed by atoms with Gasteiger partial charge in [0.1, 0.15) is 17.5 Å². The molecular formula is C21H28N2O5S. The van der Waals surface area contributed by atoms with E-state index in [2.05, 4.69) is 5.32 Å². The van der Waals surface area contributed by atoms with E-state index in [1.807, 2.05) is 26.0 Å². The Morgan fingerprint density at radius 2 is 1.79 bits per heavy atom. The van der Waals surface area contributed by atoms with Crippen LogP contribution in [0.25, 0.3) is 0 Å². The van der Waals surface area contributed by atoms with Crippen molar-refractivity contribution in [3.63, 3.8) is 0 Å². The van der Waals surface area contributed by atoms with E-state index in [1.54, 1.807) is 31.2 Å². The molecule has 0 aromatic heterocycles. The van der Waals surface area contributed by atoms with E-state index in [9.17, 15) is 13.2 Å². The minimum Gasteiger partial charge on any atom is -0.497 e. The van der Waals surface area contributed by atoms with E-state index < -0.39 is 22.0 Å². The van der Waals surface area contributed by atoms with Crippen LogP contribution in [0, 0.1) is 13.8 Å². The Labute approximate surface area is 172 Å². The Kier molecular flexibility index (Phi) is 7.13. The largest absolute Gasteiger partial charge is 0.497 e. The second kappa shape index (κ2) is 9.17. The molecule has 2 aromatic carbocycles. The summed E-state index contributed by atoms with van der Waals surface area (Å²) in [6.45, 7) is 5.48. The monoisotopic (exact) mass is 420 g/mol. The van der Waals surface area contributed by atoms with Crippen LogP contribution in [0.1, 0.15) is 24.5 Å². The van der Waals surface area contributed by atoms with Crippen molar-refractivity contribution in [2.75, 3.05) is 30.1 Å². The topological polar surface area (TPSA) is 84.9 Å². The van der Waals surface area contributed by atoms with Gasteiger partial charge in [0.25, 0.3) is 0 Å². The molecule has 0 fully saturated rings. The number of amides is 1. The number of hydrogen-bond acceptors (Lipinski definition) is 5. The maximum Gasteiger partial charge on any atom is 0.248 e. The molecule has 0 aliphatic rings. The number of nitrogens with one attached hydrogen (secondary N) is 1. The summed E-state index contributed by atoms with van der Waals surface area (Å²) in [6.07, 6.45) is 1.40. The molecule has 0 heterocycles. The average molecular weight is 421 g/mol. The smallest absolute Gasteiger partial charge is 0.248 e. The van der Waals surface area contributed by atoms with Crippen LogP contribution in [0.3, 0.4) is 0 Å². The molecule has 0 saturated carbocycles. The Morgan fingerprint density at radius 1 is 1.10 bits per heavy atom. The van der Waals surface area contributed by atoms with Crippen LogP contribution in [-0.4, -0.2) is 40.8 Å². The van der Waals surface area contributed by atoms with Gasteiger partial charge in [0, 0.05) is 6.07 Å². The number of ether oxygens (including phenoxy) is 2. The predicted molar refractivity (Wildman–Crippen MR) is 115 cm³/mol. The van der Waals surface area contributed by atoms with Crippen molar-refractivity contribution in [3.05, 3.63) is 47.5 Å². The fraction of sp³-hybridized carbons (Fsp3) is 0.381. The highest BCUT2D eigenvalue weighted by atomic mass is 32.2. The maximum atomic E-state index is 13.2. The van der Waals surface area contributed by atoms with Crippen molar-refractivity contribution in [1.29, 1.82) is 0 Å². The molecular weight excluding hydrogens is 392 g/mol. The van der Waals surface area contributed by atoms with Crippen LogP contribution in [0.2, 0.25) is 0 Å². The SMILES string of the molecule is CC[C@H](C(=O)Nc1cc(OC)ccc1OC)N(c1cc(C)ccc1C)S(C)(=O)=O. The molecule has 2 rings (SSSR count). The fourth-order valence-corrected chi connectivity index (χ4v) is 4.38. The number of anilines is 2. The van der Waals surface area contributed by atoms with Crippen molar-refractivity contribution in [1.82, 2.24) is 0 Å². The maximum absolute atomic E-state index is 13.2. The molecule has 1 N–H and O–H groups in total. The number of nitrogens with zero attached hydrogens (tertiary/aromatic N) is 1. The number of carbonyl (C=O) groups is 1. The molecule has 1 amide bonds. The first-order chi connectivity index (χ1) is 13.6. The lowest BCUT2D eigenvalue weighted by atomic mass is 10.1. The van der Waals surface area contributed by atoms with Crippen molar-refractivity contribution in [3.8, 4) is 11.5 Å². The third-order valence-electron chi connectivity index (χ3n) is 4.60. The van der Waals surface area contributed by atoms with Gasteiger partial charge in [-0.1, -0.05) is 19.1 Å². The fourth-order valence-electron chi connectivity index (χ4n) is 3.12. The first-order valence-corrected chi connectivity index (χ1v) is 11.1. The summed E-state index contributed by atoms with van der Waals surface area (Å²) in [4.78, 5) is 13.2. The number of sulfonamides is 1. The number of methoxy groups -OCH3 is 2. The predicted octanol–water partition coefficient (Wildman–Crippen LogP) is 3.50. The van der Waals surface area contributed by atoms with Crippen molar-refractivity contribution in [2.24, 2.45) is 0 Å². The molecule has 0 unspecified atom stereocenters. The number of carbonyl (C=O) groups excluding carboxylic acids is 1. The van der Waals surface area contributed by atoms with Gasteiger partial charge in [-0.15, -0.1) is 0 Å². The first kappa shape index (κ1) is 22.5. The normalized spacial score (nSPS) is 12.2. The van der Waals surface area contributed by atoms with Crippen molar-refractivity contribution in [2.45, 2.75) is 33.2 Å². The average Bonchev–Trinajstić information content (AvgIpc) is 2.66. The van der Waals surface area contributed by atoms with Gasteiger partial charge in [0.05, 0.1) is 31.9 Å². The van der Waals surface area contributed by atoms with Crippen LogP contribution in [0.4, 0.5) is 11.4 Å². The van der Waals surface area contributed by atoms with Gasteiger partial charge in [-0.25, -0.2) is 8.42 Å². The van der Waals surface area contributed by atoms with E-state index in [1.165, 1.54) is 18.5 Å². The van der Waals surface area contributed by atoms with Gasteiger partial charge < -0.3 is 14.8 Å². The summed E-state index contributed by atoms with van der Waals surface area (Å²) in [5, 5.41) is 2.79. The highest BCUT2D eigenvalue weighted by molar-refractivity contribution is 7.92. The summed E-state index contributed by atoms with van der Waals surface area (Å²) in [7, 11) is -0.702. The van der Waals surface area contributed by atoms with Gasteiger partial charge in [-0.2, -0.15) is 0 Å². The van der Waals surface area contributed by atoms with Crippen molar-refractivity contribution >= 4 is 27.3 Å². The minimum atomic E-state index is -3.72. The molecule has 1 atom stereocenters. The van der Waals surface area contributed by atoms with Crippen LogP contribution < -0.4 is 19.1 Å². The Balaban J connectivity index is 2.48. The summed E-state index contributed by atoms with van der Waals surface area (Å²) in [5.74, 6) is 0.542. The highest BCUT2D eigenvalue weighted by Crippen LogP contribution is 2.31. The van der Waals surface area contributed by atoms with E-state index in [-0.39, 0.29) is 0 Å². The molecule has 0 bridgehead atoms. The van der Waals surface area contributed by atoms with Gasteiger partial charge in [0.15, 0.2) is 0 Å². The van der Waals surface area contributed by atoms with E-state index in [0.717, 1.165) is 17.4 Å². The van der Waals surface area contributed by atoms with E-state index in [4.69, 9.17) is 9.47 Å². The lowest BCUT2D eigenvalue weighted by Gasteiger charge is -2.31. The minimum absolute atomic E-state index is 0.290. The summed E-state index contributed by atoms with van der Waals surface area (Å²) in [6, 6.07) is 9.62. The lowest BCUT2D eigenvalue weighted by Crippen LogP contribution is -2.47. The molecule has 0 radical (unpaired) electrons. The number of hydrogen-bond donors (Lipinski definition) is 1. The zero-order valence-corrected chi connectivity index (χ0v) is 18.5. The quantitative estimate of drug-likeness (QED) is 0.706. The molecule has 0 aliphatic heterocycles. The van der Waals surface area contributed by atoms with Crippen LogP contribution in [0.5, 0.6) is 11.5 Å². The molecule has 0 saturated heterocycles. The Hall–Kier alpha value is -2.74. The van der Waals surface area contributed by atoms with Crippen LogP contribution in [0.15, 0.2) is 36.4 Å². The number of benzene rings is 2. The Bertz CT molecular complexity index is 989. The van der Waals surface area contributed by atoms with Gasteiger partial charge >= 0.3 is 0 Å². The van der Waals surface area contributed by atoms with Gasteiger partial charge in [0.2, 0.25) is 15.9 Å². The third-order valence-corrected chi connectivity index (χ3v) is 5.76. The summed E-state index contributed by atoms with van der Waals surface area (Å²) < 4.78 is 37.1. The molecule has 0 aliphatic carbocycles. The molecule has 8 heteroatoms. The van der Waals surface area contributed by atoms with E-state index >= 15 is 0 Å². The molecule has 0 spiro atoms. The van der Waals surface area contributed by atoms with Gasteiger partial charge in [-0.05, 0) is 49.6 Å². The highest BCUT2D eigenvalue weighted by Gasteiger charge is 2.33. The van der Waals surface area contributed by atoms with Crippen molar-refractivity contribution < 1.29 is 22.7 Å². The summed E-state index contributed by atoms with van der Waals surface area (Å²) >= 11 is 0. The number of aryl methyl sites for hydroxylation is 2. The Morgan fingerprint density at radius 3 is 2.34 bits per heavy atom. The summed E-state index contributed by atoms with van der Waals surface area (Å²) in [5.41, 5.74) is 2.58. The van der Waals surface area contributed by atoms with Crippen LogP contribution >= 0.6 is 0 Å². The molecule has 2 aromatic rings. The molecule has 7 nitrogen and oxygen atoms in total. The van der Waals surface area contributed by atoms with Crippen LogP contribution in [-0.2, 0) is 14.8 Å². The second-order valence-electron chi connectivity index (χ2n) is 6.83. The lowest BCUT2D eigenvalue weighted by molar-refractivity contribution is -0.117. The molecule has 158 valence electrons. The van der Waals surface area contributed by atoms with Gasteiger partial charge in [-0.3, -0.25) is 9.10 Å². The molecule has 29 heavy (non-hydrogen) atoms. The zero-order valence-electron chi connectivity index (χ0n) is 17.6. The first-order valence-electron chi connectivity index (χ1n) is 9.21. The zero-order chi connectivity index (χ0) is 21.8. The number of rotatable bonds is 8. The second-order valence-corrected chi connectivity index (χ2v) is 8.69.